The topological polar surface area (TPSA) is 85.1 Å². The van der Waals surface area contributed by atoms with Gasteiger partial charge in [0.1, 0.15) is 5.69 Å². The van der Waals surface area contributed by atoms with E-state index in [1.807, 2.05) is 42.5 Å². The second-order valence-corrected chi connectivity index (χ2v) is 8.70. The van der Waals surface area contributed by atoms with E-state index in [0.717, 1.165) is 5.56 Å². The van der Waals surface area contributed by atoms with Crippen LogP contribution in [0.4, 0.5) is 11.4 Å². The van der Waals surface area contributed by atoms with Gasteiger partial charge in [-0.2, -0.15) is 0 Å². The standard InChI is InChI=1S/C28H28N4O3/c1-18(2)20-13-15-21(16-14-20)26(33)29-23-10-8-9-22(17-23)27(34)30-25-19(3)31(4)32(28(25)35)24-11-6-5-7-12-24/h5-18H,1-4H3,(H,29,33)(H,30,34). The first-order valence-electron chi connectivity index (χ1n) is 11.4. The zero-order chi connectivity index (χ0) is 25.1. The highest BCUT2D eigenvalue weighted by molar-refractivity contribution is 6.07. The van der Waals surface area contributed by atoms with Crippen LogP contribution in [0.3, 0.4) is 0 Å². The minimum absolute atomic E-state index is 0.209. The number of anilines is 2. The molecule has 0 unspecified atom stereocenters. The Hall–Kier alpha value is -4.39. The van der Waals surface area contributed by atoms with Crippen LogP contribution in [0.5, 0.6) is 0 Å². The zero-order valence-electron chi connectivity index (χ0n) is 20.2. The maximum absolute atomic E-state index is 13.1. The number of carbonyl (C=O) groups excluding carboxylic acids is 2. The number of para-hydroxylation sites is 1. The van der Waals surface area contributed by atoms with Gasteiger partial charge in [0.15, 0.2) is 0 Å². The van der Waals surface area contributed by atoms with Crippen LogP contribution in [0.25, 0.3) is 5.69 Å². The maximum Gasteiger partial charge on any atom is 0.295 e. The predicted molar refractivity (Wildman–Crippen MR) is 139 cm³/mol. The van der Waals surface area contributed by atoms with E-state index in [1.54, 1.807) is 55.1 Å². The molecule has 4 rings (SSSR count). The number of carbonyl (C=O) groups is 2. The molecular formula is C28H28N4O3. The highest BCUT2D eigenvalue weighted by atomic mass is 16.2. The van der Waals surface area contributed by atoms with Gasteiger partial charge in [-0.05, 0) is 60.9 Å². The zero-order valence-corrected chi connectivity index (χ0v) is 20.2. The van der Waals surface area contributed by atoms with Gasteiger partial charge in [-0.1, -0.05) is 50.2 Å². The lowest BCUT2D eigenvalue weighted by molar-refractivity contribution is 0.101. The molecule has 1 heterocycles. The molecule has 7 nitrogen and oxygen atoms in total. The van der Waals surface area contributed by atoms with Crippen molar-refractivity contribution in [3.63, 3.8) is 0 Å². The summed E-state index contributed by atoms with van der Waals surface area (Å²) < 4.78 is 3.21. The number of benzene rings is 3. The molecule has 0 aliphatic carbocycles. The molecule has 4 aromatic rings. The Morgan fingerprint density at radius 3 is 2.11 bits per heavy atom. The second-order valence-electron chi connectivity index (χ2n) is 8.70. The van der Waals surface area contributed by atoms with Crippen LogP contribution >= 0.6 is 0 Å². The van der Waals surface area contributed by atoms with Crippen LogP contribution in [-0.4, -0.2) is 21.2 Å². The average Bonchev–Trinajstić information content (AvgIpc) is 3.07. The molecule has 35 heavy (non-hydrogen) atoms. The van der Waals surface area contributed by atoms with Crippen molar-refractivity contribution in [3.05, 3.63) is 112 Å². The fraction of sp³-hybridized carbons (Fsp3) is 0.179. The molecule has 0 fully saturated rings. The molecule has 0 bridgehead atoms. The summed E-state index contributed by atoms with van der Waals surface area (Å²) in [7, 11) is 1.77. The monoisotopic (exact) mass is 468 g/mol. The van der Waals surface area contributed by atoms with Gasteiger partial charge >= 0.3 is 0 Å². The van der Waals surface area contributed by atoms with Gasteiger partial charge in [-0.15, -0.1) is 0 Å². The number of nitrogens with zero attached hydrogens (tertiary/aromatic N) is 2. The van der Waals surface area contributed by atoms with Crippen molar-refractivity contribution in [2.45, 2.75) is 26.7 Å². The van der Waals surface area contributed by atoms with Crippen molar-refractivity contribution in [3.8, 4) is 5.69 Å². The first-order chi connectivity index (χ1) is 16.8. The minimum atomic E-state index is -0.437. The Balaban J connectivity index is 1.53. The first kappa shape index (κ1) is 23.8. The summed E-state index contributed by atoms with van der Waals surface area (Å²) in [6, 6.07) is 23.3. The number of aromatic nitrogens is 2. The fourth-order valence-corrected chi connectivity index (χ4v) is 3.86. The molecule has 2 N–H and O–H groups in total. The molecule has 0 saturated carbocycles. The van der Waals surface area contributed by atoms with Gasteiger partial charge in [-0.3, -0.25) is 19.1 Å². The van der Waals surface area contributed by atoms with Gasteiger partial charge in [0, 0.05) is 23.9 Å². The molecule has 0 saturated heterocycles. The lowest BCUT2D eigenvalue weighted by Crippen LogP contribution is -2.23. The normalized spacial score (nSPS) is 10.9. The molecule has 2 amide bonds. The highest BCUT2D eigenvalue weighted by Crippen LogP contribution is 2.18. The van der Waals surface area contributed by atoms with Crippen molar-refractivity contribution in [2.24, 2.45) is 7.05 Å². The quantitative estimate of drug-likeness (QED) is 0.412. The molecule has 0 aliphatic heterocycles. The van der Waals surface area contributed by atoms with E-state index in [9.17, 15) is 14.4 Å². The number of rotatable bonds is 6. The average molecular weight is 469 g/mol. The summed E-state index contributed by atoms with van der Waals surface area (Å²) in [4.78, 5) is 38.8. The van der Waals surface area contributed by atoms with Crippen molar-refractivity contribution >= 4 is 23.2 Å². The summed E-state index contributed by atoms with van der Waals surface area (Å²) in [5.41, 5.74) is 3.72. The van der Waals surface area contributed by atoms with Crippen LogP contribution < -0.4 is 16.2 Å². The van der Waals surface area contributed by atoms with Crippen molar-refractivity contribution in [2.75, 3.05) is 10.6 Å². The molecule has 3 aromatic carbocycles. The van der Waals surface area contributed by atoms with Gasteiger partial charge in [-0.25, -0.2) is 4.68 Å². The minimum Gasteiger partial charge on any atom is -0.322 e. The number of amides is 2. The van der Waals surface area contributed by atoms with Crippen LogP contribution in [0.2, 0.25) is 0 Å². The fourth-order valence-electron chi connectivity index (χ4n) is 3.86. The molecule has 0 spiro atoms. The third-order valence-corrected chi connectivity index (χ3v) is 6.01. The summed E-state index contributed by atoms with van der Waals surface area (Å²) in [5, 5.41) is 5.58. The summed E-state index contributed by atoms with van der Waals surface area (Å²) >= 11 is 0. The first-order valence-corrected chi connectivity index (χ1v) is 11.4. The summed E-state index contributed by atoms with van der Waals surface area (Å²) in [6.45, 7) is 5.97. The van der Waals surface area contributed by atoms with Gasteiger partial charge in [0.05, 0.1) is 11.4 Å². The molecule has 178 valence electrons. The van der Waals surface area contributed by atoms with E-state index in [2.05, 4.69) is 24.5 Å². The van der Waals surface area contributed by atoms with E-state index in [-0.39, 0.29) is 17.2 Å². The van der Waals surface area contributed by atoms with E-state index in [1.165, 1.54) is 4.68 Å². The van der Waals surface area contributed by atoms with Gasteiger partial charge < -0.3 is 10.6 Å². The number of nitrogens with one attached hydrogen (secondary N) is 2. The van der Waals surface area contributed by atoms with E-state index >= 15 is 0 Å². The lowest BCUT2D eigenvalue weighted by Gasteiger charge is -2.09. The van der Waals surface area contributed by atoms with Crippen LogP contribution in [-0.2, 0) is 7.05 Å². The highest BCUT2D eigenvalue weighted by Gasteiger charge is 2.19. The predicted octanol–water partition coefficient (Wildman–Crippen LogP) is 5.11. The lowest BCUT2D eigenvalue weighted by atomic mass is 10.0. The molecule has 0 radical (unpaired) electrons. The summed E-state index contributed by atoms with van der Waals surface area (Å²) in [6.07, 6.45) is 0. The molecule has 7 heteroatoms. The number of hydrogen-bond acceptors (Lipinski definition) is 3. The third kappa shape index (κ3) is 4.94. The Labute approximate surface area is 204 Å². The van der Waals surface area contributed by atoms with Crippen LogP contribution in [0.1, 0.15) is 51.7 Å². The van der Waals surface area contributed by atoms with Crippen molar-refractivity contribution < 1.29 is 9.59 Å². The number of hydrogen-bond donors (Lipinski definition) is 2. The second kappa shape index (κ2) is 9.85. The van der Waals surface area contributed by atoms with E-state index in [0.29, 0.717) is 34.1 Å². The molecule has 0 aliphatic rings. The van der Waals surface area contributed by atoms with Crippen molar-refractivity contribution in [1.29, 1.82) is 0 Å². The van der Waals surface area contributed by atoms with Gasteiger partial charge in [0.25, 0.3) is 17.4 Å². The Morgan fingerprint density at radius 2 is 1.46 bits per heavy atom. The molecule has 1 aromatic heterocycles. The third-order valence-electron chi connectivity index (χ3n) is 6.01. The van der Waals surface area contributed by atoms with Crippen LogP contribution in [0, 0.1) is 6.92 Å². The Morgan fingerprint density at radius 1 is 0.800 bits per heavy atom. The molecule has 0 atom stereocenters. The van der Waals surface area contributed by atoms with E-state index < -0.39 is 5.91 Å². The smallest absolute Gasteiger partial charge is 0.295 e. The summed E-state index contributed by atoms with van der Waals surface area (Å²) in [5.74, 6) is -0.316. The van der Waals surface area contributed by atoms with Gasteiger partial charge in [0.2, 0.25) is 0 Å². The van der Waals surface area contributed by atoms with Crippen LogP contribution in [0.15, 0.2) is 83.7 Å². The Kier molecular flexibility index (Phi) is 6.68. The maximum atomic E-state index is 13.1. The van der Waals surface area contributed by atoms with E-state index in [4.69, 9.17) is 0 Å². The SMILES string of the molecule is Cc1c(NC(=O)c2cccc(NC(=O)c3ccc(C(C)C)cc3)c2)c(=O)n(-c2ccccc2)n1C. The largest absolute Gasteiger partial charge is 0.322 e. The van der Waals surface area contributed by atoms with Crippen molar-refractivity contribution in [1.82, 2.24) is 9.36 Å². The Bertz CT molecular complexity index is 1430. The molecular weight excluding hydrogens is 440 g/mol.